The number of nitrogens with two attached hydrogens (primary N) is 2. The summed E-state index contributed by atoms with van der Waals surface area (Å²) < 4.78 is 0. The summed E-state index contributed by atoms with van der Waals surface area (Å²) in [6.07, 6.45) is 1.99. The molecule has 0 fully saturated rings. The van der Waals surface area contributed by atoms with Crippen LogP contribution in [0.25, 0.3) is 0 Å². The van der Waals surface area contributed by atoms with Gasteiger partial charge in [-0.15, -0.1) is 0 Å². The molecule has 0 saturated carbocycles. The predicted molar refractivity (Wildman–Crippen MR) is 130 cm³/mol. The first kappa shape index (κ1) is 29.7. The minimum Gasteiger partial charge on any atom is -0.508 e. The minimum atomic E-state index is -1.25. The smallest absolute Gasteiger partial charge is 0.325 e. The first-order valence-electron chi connectivity index (χ1n) is 10.9. The number of carbonyl (C=O) groups excluding carboxylic acids is 4. The standard InChI is InChI=1S/C22H33N5O7S/c1-12(22(33)34)25-21(32)17(11-13-3-5-14(28)6-4-13)27-20(31)16(9-10-35-2)26-19(30)15(23)7-8-18(24)29/h3-6,12,15-17,28H,7-11,23H2,1-2H3,(H2,24,29)(H,25,32)(H,26,30)(H,27,31)(H,33,34). The van der Waals surface area contributed by atoms with Gasteiger partial charge in [0.1, 0.15) is 23.9 Å². The predicted octanol–water partition coefficient (Wildman–Crippen LogP) is -1.16. The fourth-order valence-electron chi connectivity index (χ4n) is 2.94. The molecule has 1 rings (SSSR count). The molecular weight excluding hydrogens is 478 g/mol. The Morgan fingerprint density at radius 1 is 0.943 bits per heavy atom. The van der Waals surface area contributed by atoms with Crippen LogP contribution in [0.4, 0.5) is 0 Å². The van der Waals surface area contributed by atoms with Crippen molar-refractivity contribution >= 4 is 41.4 Å². The van der Waals surface area contributed by atoms with Crippen LogP contribution in [0, 0.1) is 0 Å². The normalized spacial score (nSPS) is 14.1. The lowest BCUT2D eigenvalue weighted by molar-refractivity contribution is -0.141. The molecular formula is C22H33N5O7S. The van der Waals surface area contributed by atoms with Crippen LogP contribution in [-0.2, 0) is 30.4 Å². The van der Waals surface area contributed by atoms with Gasteiger partial charge < -0.3 is 37.6 Å². The van der Waals surface area contributed by atoms with Crippen LogP contribution in [0.3, 0.4) is 0 Å². The molecule has 1 aromatic carbocycles. The van der Waals surface area contributed by atoms with Crippen LogP contribution >= 0.6 is 11.8 Å². The Bertz CT molecular complexity index is 897. The number of carboxylic acid groups (broad SMARTS) is 1. The molecule has 4 atom stereocenters. The van der Waals surface area contributed by atoms with E-state index >= 15 is 0 Å². The van der Waals surface area contributed by atoms with E-state index in [1.807, 2.05) is 6.26 Å². The van der Waals surface area contributed by atoms with Gasteiger partial charge in [-0.2, -0.15) is 11.8 Å². The summed E-state index contributed by atoms with van der Waals surface area (Å²) >= 11 is 1.45. The summed E-state index contributed by atoms with van der Waals surface area (Å²) in [6.45, 7) is 1.29. The van der Waals surface area contributed by atoms with Crippen molar-refractivity contribution < 1.29 is 34.2 Å². The van der Waals surface area contributed by atoms with Crippen molar-refractivity contribution in [2.45, 2.75) is 56.8 Å². The summed E-state index contributed by atoms with van der Waals surface area (Å²) in [5.74, 6) is -3.35. The van der Waals surface area contributed by atoms with Crippen molar-refractivity contribution in [2.75, 3.05) is 12.0 Å². The summed E-state index contributed by atoms with van der Waals surface area (Å²) in [5.41, 5.74) is 11.5. The van der Waals surface area contributed by atoms with Gasteiger partial charge in [-0.3, -0.25) is 24.0 Å². The third kappa shape index (κ3) is 11.1. The van der Waals surface area contributed by atoms with Crippen LogP contribution < -0.4 is 27.4 Å². The van der Waals surface area contributed by atoms with E-state index < -0.39 is 53.8 Å². The van der Waals surface area contributed by atoms with E-state index in [1.54, 1.807) is 12.1 Å². The number of nitrogens with one attached hydrogen (secondary N) is 3. The van der Waals surface area contributed by atoms with Crippen LogP contribution in [0.5, 0.6) is 5.75 Å². The van der Waals surface area contributed by atoms with Gasteiger partial charge in [0.25, 0.3) is 0 Å². The monoisotopic (exact) mass is 511 g/mol. The number of thioether (sulfide) groups is 1. The van der Waals surface area contributed by atoms with E-state index in [0.717, 1.165) is 0 Å². The highest BCUT2D eigenvalue weighted by molar-refractivity contribution is 7.98. The van der Waals surface area contributed by atoms with Crippen molar-refractivity contribution in [3.05, 3.63) is 29.8 Å². The van der Waals surface area contributed by atoms with Crippen LogP contribution in [0.2, 0.25) is 0 Å². The second-order valence-corrected chi connectivity index (χ2v) is 8.94. The zero-order chi connectivity index (χ0) is 26.5. The van der Waals surface area contributed by atoms with Crippen molar-refractivity contribution in [2.24, 2.45) is 11.5 Å². The quantitative estimate of drug-likeness (QED) is 0.151. The first-order chi connectivity index (χ1) is 16.4. The van der Waals surface area contributed by atoms with E-state index in [4.69, 9.17) is 16.6 Å². The Labute approximate surface area is 207 Å². The Kier molecular flexibility index (Phi) is 12.6. The number of phenols is 1. The number of benzene rings is 1. The molecule has 12 nitrogen and oxygen atoms in total. The van der Waals surface area contributed by atoms with E-state index in [2.05, 4.69) is 16.0 Å². The van der Waals surface area contributed by atoms with Gasteiger partial charge in [-0.25, -0.2) is 0 Å². The van der Waals surface area contributed by atoms with Crippen LogP contribution in [0.15, 0.2) is 24.3 Å². The van der Waals surface area contributed by atoms with Crippen molar-refractivity contribution in [1.29, 1.82) is 0 Å². The fourth-order valence-corrected chi connectivity index (χ4v) is 3.41. The van der Waals surface area contributed by atoms with Crippen molar-refractivity contribution in [3.63, 3.8) is 0 Å². The first-order valence-corrected chi connectivity index (χ1v) is 12.3. The van der Waals surface area contributed by atoms with Gasteiger partial charge in [-0.05, 0) is 49.5 Å². The zero-order valence-electron chi connectivity index (χ0n) is 19.7. The maximum absolute atomic E-state index is 13.1. The van der Waals surface area contributed by atoms with Gasteiger partial charge in [0.2, 0.25) is 23.6 Å². The average molecular weight is 512 g/mol. The number of hydrogen-bond donors (Lipinski definition) is 7. The molecule has 0 aliphatic rings. The Balaban J connectivity index is 3.02. The summed E-state index contributed by atoms with van der Waals surface area (Å²) in [6, 6.07) is 1.52. The van der Waals surface area contributed by atoms with E-state index in [-0.39, 0.29) is 31.4 Å². The van der Waals surface area contributed by atoms with E-state index in [1.165, 1.54) is 30.8 Å². The number of carbonyl (C=O) groups is 5. The van der Waals surface area contributed by atoms with Crippen molar-refractivity contribution in [1.82, 2.24) is 16.0 Å². The fraction of sp³-hybridized carbons (Fsp3) is 0.500. The van der Waals surface area contributed by atoms with Gasteiger partial charge in [0.05, 0.1) is 6.04 Å². The third-order valence-electron chi connectivity index (χ3n) is 5.02. The second-order valence-electron chi connectivity index (χ2n) is 7.95. The lowest BCUT2D eigenvalue weighted by Crippen LogP contribution is -2.57. The maximum Gasteiger partial charge on any atom is 0.325 e. The van der Waals surface area contributed by atoms with E-state index in [9.17, 15) is 29.1 Å². The van der Waals surface area contributed by atoms with Crippen LogP contribution in [-0.4, -0.2) is 76.0 Å². The second kappa shape index (κ2) is 14.8. The van der Waals surface area contributed by atoms with Crippen LogP contribution in [0.1, 0.15) is 31.7 Å². The molecule has 9 N–H and O–H groups in total. The molecule has 194 valence electrons. The molecule has 0 aromatic heterocycles. The molecule has 0 bridgehead atoms. The topological polar surface area (TPSA) is 214 Å². The highest BCUT2D eigenvalue weighted by atomic mass is 32.2. The summed E-state index contributed by atoms with van der Waals surface area (Å²) in [7, 11) is 0. The highest BCUT2D eigenvalue weighted by Crippen LogP contribution is 2.12. The Morgan fingerprint density at radius 2 is 1.51 bits per heavy atom. The molecule has 4 amide bonds. The summed E-state index contributed by atoms with van der Waals surface area (Å²) in [4.78, 5) is 60.4. The molecule has 1 aromatic rings. The number of carboxylic acids is 1. The molecule has 0 radical (unpaired) electrons. The molecule has 0 saturated heterocycles. The summed E-state index contributed by atoms with van der Waals surface area (Å²) in [5, 5.41) is 26.1. The lowest BCUT2D eigenvalue weighted by Gasteiger charge is -2.25. The number of phenolic OH excluding ortho intramolecular Hbond substituents is 1. The number of rotatable bonds is 15. The third-order valence-corrected chi connectivity index (χ3v) is 5.66. The maximum atomic E-state index is 13.1. The largest absolute Gasteiger partial charge is 0.508 e. The molecule has 0 aliphatic heterocycles. The number of aromatic hydroxyl groups is 1. The van der Waals surface area contributed by atoms with E-state index in [0.29, 0.717) is 11.3 Å². The average Bonchev–Trinajstić information content (AvgIpc) is 2.80. The molecule has 35 heavy (non-hydrogen) atoms. The zero-order valence-corrected chi connectivity index (χ0v) is 20.5. The SMILES string of the molecule is CSCCC(NC(=O)C(N)CCC(N)=O)C(=O)NC(Cc1ccc(O)cc1)C(=O)NC(C)C(=O)O. The lowest BCUT2D eigenvalue weighted by atomic mass is 10.0. The Morgan fingerprint density at radius 3 is 2.06 bits per heavy atom. The molecule has 0 spiro atoms. The highest BCUT2D eigenvalue weighted by Gasteiger charge is 2.29. The Hall–Kier alpha value is -3.32. The molecule has 4 unspecified atom stereocenters. The van der Waals surface area contributed by atoms with Gasteiger partial charge in [0, 0.05) is 12.8 Å². The number of hydrogen-bond acceptors (Lipinski definition) is 8. The molecule has 0 heterocycles. The van der Waals surface area contributed by atoms with Crippen molar-refractivity contribution in [3.8, 4) is 5.75 Å². The molecule has 13 heteroatoms. The minimum absolute atomic E-state index is 0.00547. The number of primary amides is 1. The number of aliphatic carboxylic acids is 1. The van der Waals surface area contributed by atoms with Gasteiger partial charge >= 0.3 is 5.97 Å². The molecule has 0 aliphatic carbocycles. The van der Waals surface area contributed by atoms with Gasteiger partial charge in [0.15, 0.2) is 0 Å². The number of amides is 4. The van der Waals surface area contributed by atoms with Gasteiger partial charge in [-0.1, -0.05) is 12.1 Å².